The molecule has 2 N–H and O–H groups in total. The lowest BCUT2D eigenvalue weighted by Gasteiger charge is -2.09. The first kappa shape index (κ1) is 16.9. The molecule has 0 aromatic carbocycles. The highest BCUT2D eigenvalue weighted by atomic mass is 19.4. The zero-order valence-corrected chi connectivity index (χ0v) is 12.9. The average molecular weight is 327 g/mol. The van der Waals surface area contributed by atoms with Crippen LogP contribution in [0.5, 0.6) is 0 Å². The Kier molecular flexibility index (Phi) is 4.67. The number of carbonyl (C=O) groups is 1. The van der Waals surface area contributed by atoms with Crippen molar-refractivity contribution in [2.45, 2.75) is 39.8 Å². The van der Waals surface area contributed by atoms with Crippen LogP contribution >= 0.6 is 0 Å². The minimum absolute atomic E-state index is 0.0319. The maximum Gasteiger partial charge on any atom is 0.432 e. The Bertz CT molecular complexity index is 700. The molecule has 0 aliphatic heterocycles. The lowest BCUT2D eigenvalue weighted by molar-refractivity contribution is -0.141. The molecule has 2 aromatic heterocycles. The van der Waals surface area contributed by atoms with Gasteiger partial charge in [-0.2, -0.15) is 18.3 Å². The zero-order valence-electron chi connectivity index (χ0n) is 12.9. The summed E-state index contributed by atoms with van der Waals surface area (Å²) in [5.74, 6) is 0.0271. The Morgan fingerprint density at radius 3 is 2.35 bits per heavy atom. The monoisotopic (exact) mass is 327 g/mol. The summed E-state index contributed by atoms with van der Waals surface area (Å²) >= 11 is 0. The number of anilines is 1. The van der Waals surface area contributed by atoms with Crippen LogP contribution in [0.4, 0.5) is 19.0 Å². The number of alkyl halides is 3. The molecule has 0 saturated heterocycles. The van der Waals surface area contributed by atoms with Crippen LogP contribution in [0.15, 0.2) is 6.07 Å². The van der Waals surface area contributed by atoms with E-state index < -0.39 is 17.8 Å². The van der Waals surface area contributed by atoms with Crippen molar-refractivity contribution in [3.8, 4) is 0 Å². The molecule has 0 bridgehead atoms. The van der Waals surface area contributed by atoms with Gasteiger partial charge in [-0.25, -0.2) is 9.97 Å². The third kappa shape index (κ3) is 4.05. The third-order valence-electron chi connectivity index (χ3n) is 3.27. The van der Waals surface area contributed by atoms with Gasteiger partial charge in [0.25, 0.3) is 0 Å². The van der Waals surface area contributed by atoms with Gasteiger partial charge in [-0.15, -0.1) is 0 Å². The Morgan fingerprint density at radius 2 is 1.87 bits per heavy atom. The molecule has 2 aromatic rings. The van der Waals surface area contributed by atoms with E-state index in [1.807, 2.05) is 12.0 Å². The minimum atomic E-state index is -4.53. The molecule has 6 nitrogen and oxygen atoms in total. The molecule has 23 heavy (non-hydrogen) atoms. The number of aromatic nitrogens is 4. The maximum atomic E-state index is 12.5. The second-order valence-corrected chi connectivity index (χ2v) is 5.03. The number of amides is 1. The highest BCUT2D eigenvalue weighted by Gasteiger charge is 2.33. The lowest BCUT2D eigenvalue weighted by Crippen LogP contribution is -2.17. The SMILES string of the molecule is CCc1nc(C)c(CC(=O)Nc2cc(C(F)(F)F)[nH]n2)c(C)n1. The highest BCUT2D eigenvalue weighted by Crippen LogP contribution is 2.28. The molecule has 124 valence electrons. The number of aryl methyl sites for hydroxylation is 3. The normalized spacial score (nSPS) is 11.6. The molecule has 9 heteroatoms. The van der Waals surface area contributed by atoms with Crippen molar-refractivity contribution in [1.29, 1.82) is 0 Å². The number of nitrogens with one attached hydrogen (secondary N) is 2. The molecule has 0 saturated carbocycles. The fourth-order valence-corrected chi connectivity index (χ4v) is 2.10. The van der Waals surface area contributed by atoms with Crippen LogP contribution in [0.25, 0.3) is 0 Å². The quantitative estimate of drug-likeness (QED) is 0.904. The van der Waals surface area contributed by atoms with Crippen molar-refractivity contribution < 1.29 is 18.0 Å². The molecule has 0 fully saturated rings. The second kappa shape index (κ2) is 6.35. The van der Waals surface area contributed by atoms with E-state index in [0.717, 1.165) is 6.07 Å². The fourth-order valence-electron chi connectivity index (χ4n) is 2.10. The summed E-state index contributed by atoms with van der Waals surface area (Å²) in [6.07, 6.45) is -3.88. The summed E-state index contributed by atoms with van der Waals surface area (Å²) < 4.78 is 37.4. The van der Waals surface area contributed by atoms with Crippen LogP contribution in [0, 0.1) is 13.8 Å². The number of hydrogen-bond donors (Lipinski definition) is 2. The van der Waals surface area contributed by atoms with E-state index in [2.05, 4.69) is 20.4 Å². The second-order valence-electron chi connectivity index (χ2n) is 5.03. The number of aromatic amines is 1. The number of hydrogen-bond acceptors (Lipinski definition) is 4. The van der Waals surface area contributed by atoms with Crippen LogP contribution in [0.3, 0.4) is 0 Å². The van der Waals surface area contributed by atoms with Gasteiger partial charge in [0.05, 0.1) is 6.42 Å². The Labute approximate surface area is 130 Å². The van der Waals surface area contributed by atoms with Gasteiger partial charge in [0, 0.05) is 29.4 Å². The zero-order chi connectivity index (χ0) is 17.2. The summed E-state index contributed by atoms with van der Waals surface area (Å²) in [7, 11) is 0. The summed E-state index contributed by atoms with van der Waals surface area (Å²) in [4.78, 5) is 20.6. The molecule has 0 aliphatic rings. The fraction of sp³-hybridized carbons (Fsp3) is 0.429. The molecule has 0 aliphatic carbocycles. The van der Waals surface area contributed by atoms with Crippen molar-refractivity contribution in [2.75, 3.05) is 5.32 Å². The van der Waals surface area contributed by atoms with Crippen molar-refractivity contribution in [3.63, 3.8) is 0 Å². The lowest BCUT2D eigenvalue weighted by atomic mass is 10.1. The first-order valence-corrected chi connectivity index (χ1v) is 6.96. The van der Waals surface area contributed by atoms with Gasteiger partial charge in [-0.1, -0.05) is 6.92 Å². The Morgan fingerprint density at radius 1 is 1.26 bits per heavy atom. The highest BCUT2D eigenvalue weighted by molar-refractivity contribution is 5.91. The van der Waals surface area contributed by atoms with E-state index in [0.29, 0.717) is 29.2 Å². The first-order valence-electron chi connectivity index (χ1n) is 6.96. The average Bonchev–Trinajstić information content (AvgIpc) is 2.91. The van der Waals surface area contributed by atoms with Gasteiger partial charge >= 0.3 is 6.18 Å². The molecule has 1 amide bonds. The molecule has 0 radical (unpaired) electrons. The minimum Gasteiger partial charge on any atom is -0.309 e. The van der Waals surface area contributed by atoms with Gasteiger partial charge in [0.2, 0.25) is 5.91 Å². The smallest absolute Gasteiger partial charge is 0.309 e. The van der Waals surface area contributed by atoms with Crippen LogP contribution in [-0.2, 0) is 23.8 Å². The van der Waals surface area contributed by atoms with E-state index >= 15 is 0 Å². The molecule has 0 atom stereocenters. The molecular formula is C14H16F3N5O. The first-order chi connectivity index (χ1) is 10.7. The molecular weight excluding hydrogens is 311 g/mol. The van der Waals surface area contributed by atoms with Crippen molar-refractivity contribution >= 4 is 11.7 Å². The summed E-state index contributed by atoms with van der Waals surface area (Å²) in [6.45, 7) is 5.47. The largest absolute Gasteiger partial charge is 0.432 e. The summed E-state index contributed by atoms with van der Waals surface area (Å²) in [5.41, 5.74) is 1.01. The third-order valence-corrected chi connectivity index (χ3v) is 3.27. The number of halogens is 3. The standard InChI is InChI=1S/C14H16F3N5O/c1-4-11-18-7(2)9(8(3)19-11)5-13(23)20-12-6-10(21-22-12)14(15,16)17/h6H,4-5H2,1-3H3,(H2,20,21,22,23). The molecule has 0 spiro atoms. The van der Waals surface area contributed by atoms with Gasteiger partial charge < -0.3 is 5.32 Å². The van der Waals surface area contributed by atoms with Crippen molar-refractivity contribution in [3.05, 3.63) is 34.5 Å². The van der Waals surface area contributed by atoms with E-state index in [-0.39, 0.29) is 12.2 Å². The van der Waals surface area contributed by atoms with E-state index in [9.17, 15) is 18.0 Å². The predicted octanol–water partition coefficient (Wildman–Crippen LogP) is 2.58. The van der Waals surface area contributed by atoms with Gasteiger partial charge in [0.1, 0.15) is 11.5 Å². The van der Waals surface area contributed by atoms with Gasteiger partial charge in [-0.3, -0.25) is 9.89 Å². The van der Waals surface area contributed by atoms with Gasteiger partial charge in [-0.05, 0) is 13.8 Å². The number of rotatable bonds is 4. The van der Waals surface area contributed by atoms with Crippen molar-refractivity contribution in [2.24, 2.45) is 0 Å². The van der Waals surface area contributed by atoms with Crippen LogP contribution in [0.1, 0.15) is 35.4 Å². The predicted molar refractivity (Wildman–Crippen MR) is 76.8 cm³/mol. The van der Waals surface area contributed by atoms with Crippen LogP contribution < -0.4 is 5.32 Å². The van der Waals surface area contributed by atoms with E-state index in [1.54, 1.807) is 13.8 Å². The Balaban J connectivity index is 2.10. The number of carbonyl (C=O) groups excluding carboxylic acids is 1. The topological polar surface area (TPSA) is 83.6 Å². The van der Waals surface area contributed by atoms with Gasteiger partial charge in [0.15, 0.2) is 5.82 Å². The van der Waals surface area contributed by atoms with Crippen LogP contribution in [0.2, 0.25) is 0 Å². The number of nitrogens with zero attached hydrogens (tertiary/aromatic N) is 3. The summed E-state index contributed by atoms with van der Waals surface area (Å²) in [6, 6.07) is 0.744. The molecule has 2 rings (SSSR count). The maximum absolute atomic E-state index is 12.5. The van der Waals surface area contributed by atoms with E-state index in [4.69, 9.17) is 0 Å². The Hall–Kier alpha value is -2.45. The summed E-state index contributed by atoms with van der Waals surface area (Å²) in [5, 5.41) is 7.60. The van der Waals surface area contributed by atoms with Crippen LogP contribution in [-0.4, -0.2) is 26.1 Å². The van der Waals surface area contributed by atoms with E-state index in [1.165, 1.54) is 0 Å². The molecule has 2 heterocycles. The van der Waals surface area contributed by atoms with Crippen molar-refractivity contribution in [1.82, 2.24) is 20.2 Å². The molecule has 0 unspecified atom stereocenters. The number of H-pyrrole nitrogens is 1.